The number of carbonyl (C=O) groups is 2. The van der Waals surface area contributed by atoms with Gasteiger partial charge in [0.15, 0.2) is 0 Å². The van der Waals surface area contributed by atoms with Crippen LogP contribution in [0.2, 0.25) is 0 Å². The number of aromatic nitrogens is 1. The molecule has 0 radical (unpaired) electrons. The number of nitrogens with zero attached hydrogens (tertiary/aromatic N) is 2. The summed E-state index contributed by atoms with van der Waals surface area (Å²) in [5.41, 5.74) is 2.42. The molecular formula is C18H21N3O2. The highest BCUT2D eigenvalue weighted by atomic mass is 16.2. The van der Waals surface area contributed by atoms with Crippen molar-refractivity contribution in [3.63, 3.8) is 0 Å². The first kappa shape index (κ1) is 15.3. The van der Waals surface area contributed by atoms with E-state index in [0.717, 1.165) is 22.9 Å². The van der Waals surface area contributed by atoms with Crippen LogP contribution in [-0.2, 0) is 4.79 Å². The molecule has 5 heteroatoms. The van der Waals surface area contributed by atoms with E-state index in [9.17, 15) is 9.59 Å². The Bertz CT molecular complexity index is 804. The van der Waals surface area contributed by atoms with Gasteiger partial charge in [0, 0.05) is 35.2 Å². The zero-order chi connectivity index (χ0) is 16.6. The first-order valence-electron chi connectivity index (χ1n) is 8.00. The van der Waals surface area contributed by atoms with Crippen LogP contribution >= 0.6 is 0 Å². The number of imide groups is 1. The predicted octanol–water partition coefficient (Wildman–Crippen LogP) is 3.52. The molecule has 23 heavy (non-hydrogen) atoms. The summed E-state index contributed by atoms with van der Waals surface area (Å²) in [4.78, 5) is 25.2. The number of para-hydroxylation sites is 1. The van der Waals surface area contributed by atoms with Gasteiger partial charge >= 0.3 is 6.03 Å². The zero-order valence-electron chi connectivity index (χ0n) is 13.7. The van der Waals surface area contributed by atoms with Gasteiger partial charge in [0.25, 0.3) is 5.91 Å². The molecule has 1 saturated heterocycles. The molecule has 2 heterocycles. The average molecular weight is 311 g/mol. The van der Waals surface area contributed by atoms with Gasteiger partial charge in [0.05, 0.1) is 0 Å². The quantitative estimate of drug-likeness (QED) is 0.694. The fraction of sp³-hybridized carbons (Fsp3) is 0.333. The fourth-order valence-corrected chi connectivity index (χ4v) is 2.92. The first-order chi connectivity index (χ1) is 11.1. The number of hydrogen-bond acceptors (Lipinski definition) is 2. The molecule has 1 aliphatic rings. The van der Waals surface area contributed by atoms with Gasteiger partial charge in [-0.1, -0.05) is 25.1 Å². The molecule has 1 atom stereocenters. The second-order valence-corrected chi connectivity index (χ2v) is 5.80. The lowest BCUT2D eigenvalue weighted by Crippen LogP contribution is -2.30. The standard InChI is InChI=1S/C18H21N3O2/c1-4-12(3)21-11-13(14-8-6-7-9-16(14)21)10-15-17(22)20(5-2)18(23)19-15/h6-12H,4-5H2,1-3H3,(H,19,23)/b15-10-. The highest BCUT2D eigenvalue weighted by molar-refractivity contribution is 6.14. The summed E-state index contributed by atoms with van der Waals surface area (Å²) in [6, 6.07) is 8.14. The van der Waals surface area contributed by atoms with Crippen LogP contribution in [0.15, 0.2) is 36.2 Å². The zero-order valence-corrected chi connectivity index (χ0v) is 13.7. The molecule has 0 spiro atoms. The summed E-state index contributed by atoms with van der Waals surface area (Å²) in [6.45, 7) is 6.48. The molecule has 2 aromatic rings. The Hall–Kier alpha value is -2.56. The van der Waals surface area contributed by atoms with Crippen LogP contribution in [0, 0.1) is 0 Å². The molecule has 0 aliphatic carbocycles. The van der Waals surface area contributed by atoms with Gasteiger partial charge in [-0.05, 0) is 32.4 Å². The number of nitrogens with one attached hydrogen (secondary N) is 1. The van der Waals surface area contributed by atoms with Crippen molar-refractivity contribution in [1.29, 1.82) is 0 Å². The first-order valence-corrected chi connectivity index (χ1v) is 8.00. The highest BCUT2D eigenvalue weighted by Crippen LogP contribution is 2.28. The average Bonchev–Trinajstić information content (AvgIpc) is 3.05. The lowest BCUT2D eigenvalue weighted by atomic mass is 10.1. The maximum Gasteiger partial charge on any atom is 0.328 e. The molecule has 1 N–H and O–H groups in total. The van der Waals surface area contributed by atoms with Gasteiger partial charge in [0.2, 0.25) is 0 Å². The largest absolute Gasteiger partial charge is 0.344 e. The third-order valence-electron chi connectivity index (χ3n) is 4.42. The lowest BCUT2D eigenvalue weighted by Gasteiger charge is -2.12. The second kappa shape index (κ2) is 5.91. The van der Waals surface area contributed by atoms with Crippen LogP contribution in [0.1, 0.15) is 38.8 Å². The SMILES string of the molecule is CCC(C)n1cc(/C=C2\NC(=O)N(CC)C2=O)c2ccccc21. The van der Waals surface area contributed by atoms with E-state index in [1.165, 1.54) is 4.90 Å². The smallest absolute Gasteiger partial charge is 0.328 e. The highest BCUT2D eigenvalue weighted by Gasteiger charge is 2.32. The van der Waals surface area contributed by atoms with Gasteiger partial charge in [0.1, 0.15) is 5.70 Å². The minimum Gasteiger partial charge on any atom is -0.344 e. The monoisotopic (exact) mass is 311 g/mol. The minimum atomic E-state index is -0.352. The second-order valence-electron chi connectivity index (χ2n) is 5.80. The molecular weight excluding hydrogens is 290 g/mol. The maximum atomic E-state index is 12.3. The lowest BCUT2D eigenvalue weighted by molar-refractivity contribution is -0.122. The Kier molecular flexibility index (Phi) is 3.94. The number of benzene rings is 1. The summed E-state index contributed by atoms with van der Waals surface area (Å²) in [5, 5.41) is 3.74. The predicted molar refractivity (Wildman–Crippen MR) is 90.8 cm³/mol. The normalized spacial score (nSPS) is 18.0. The molecule has 1 aliphatic heterocycles. The number of fused-ring (bicyclic) bond motifs is 1. The van der Waals surface area contributed by atoms with Crippen molar-refractivity contribution in [3.8, 4) is 0 Å². The Morgan fingerprint density at radius 2 is 1.96 bits per heavy atom. The molecule has 5 nitrogen and oxygen atoms in total. The molecule has 3 rings (SSSR count). The molecule has 0 bridgehead atoms. The topological polar surface area (TPSA) is 54.3 Å². The maximum absolute atomic E-state index is 12.3. The summed E-state index contributed by atoms with van der Waals surface area (Å²) in [5.74, 6) is -0.266. The van der Waals surface area contributed by atoms with Crippen molar-refractivity contribution in [2.45, 2.75) is 33.2 Å². The summed E-state index contributed by atoms with van der Waals surface area (Å²) in [6.07, 6.45) is 4.85. The van der Waals surface area contributed by atoms with E-state index < -0.39 is 0 Å². The number of rotatable bonds is 4. The number of amides is 3. The van der Waals surface area contributed by atoms with Crippen LogP contribution < -0.4 is 5.32 Å². The summed E-state index contributed by atoms with van der Waals surface area (Å²) >= 11 is 0. The molecule has 1 unspecified atom stereocenters. The number of urea groups is 1. The van der Waals surface area contributed by atoms with Crippen LogP contribution in [0.25, 0.3) is 17.0 Å². The van der Waals surface area contributed by atoms with Crippen molar-refractivity contribution in [1.82, 2.24) is 14.8 Å². The van der Waals surface area contributed by atoms with Gasteiger partial charge in [-0.2, -0.15) is 0 Å². The molecule has 3 amide bonds. The Labute approximate surface area is 135 Å². The molecule has 0 saturated carbocycles. The number of hydrogen-bond donors (Lipinski definition) is 1. The van der Waals surface area contributed by atoms with Gasteiger partial charge in [-0.3, -0.25) is 9.69 Å². The third kappa shape index (κ3) is 2.52. The Balaban J connectivity index is 2.09. The molecule has 1 aromatic carbocycles. The van der Waals surface area contributed by atoms with Crippen LogP contribution in [0.4, 0.5) is 4.79 Å². The number of carbonyl (C=O) groups excluding carboxylic acids is 2. The van der Waals surface area contributed by atoms with Crippen LogP contribution in [0.3, 0.4) is 0 Å². The summed E-state index contributed by atoms with van der Waals surface area (Å²) < 4.78 is 2.22. The van der Waals surface area contributed by atoms with E-state index in [-0.39, 0.29) is 11.9 Å². The molecule has 1 aromatic heterocycles. The van der Waals surface area contributed by atoms with Crippen molar-refractivity contribution in [2.24, 2.45) is 0 Å². The van der Waals surface area contributed by atoms with Gasteiger partial charge in [-0.15, -0.1) is 0 Å². The van der Waals surface area contributed by atoms with Crippen molar-refractivity contribution >= 4 is 28.9 Å². The van der Waals surface area contributed by atoms with Crippen LogP contribution in [0.5, 0.6) is 0 Å². The molecule has 120 valence electrons. The van der Waals surface area contributed by atoms with E-state index in [2.05, 4.69) is 36.0 Å². The number of likely N-dealkylation sites (N-methyl/N-ethyl adjacent to an activating group) is 1. The summed E-state index contributed by atoms with van der Waals surface area (Å²) in [7, 11) is 0. The van der Waals surface area contributed by atoms with Crippen molar-refractivity contribution in [2.75, 3.05) is 6.54 Å². The van der Waals surface area contributed by atoms with Crippen LogP contribution in [-0.4, -0.2) is 28.0 Å². The van der Waals surface area contributed by atoms with E-state index in [4.69, 9.17) is 0 Å². The third-order valence-corrected chi connectivity index (χ3v) is 4.42. The van der Waals surface area contributed by atoms with Crippen molar-refractivity contribution in [3.05, 3.63) is 41.7 Å². The van der Waals surface area contributed by atoms with Gasteiger partial charge in [-0.25, -0.2) is 4.79 Å². The van der Waals surface area contributed by atoms with E-state index >= 15 is 0 Å². The minimum absolute atomic E-state index is 0.266. The van der Waals surface area contributed by atoms with Gasteiger partial charge < -0.3 is 9.88 Å². The Morgan fingerprint density at radius 1 is 1.22 bits per heavy atom. The van der Waals surface area contributed by atoms with Crippen molar-refractivity contribution < 1.29 is 9.59 Å². The van der Waals surface area contributed by atoms with E-state index in [1.54, 1.807) is 13.0 Å². The molecule has 1 fully saturated rings. The van der Waals surface area contributed by atoms with E-state index in [1.807, 2.05) is 18.2 Å². The Morgan fingerprint density at radius 3 is 2.61 bits per heavy atom. The fourth-order valence-electron chi connectivity index (χ4n) is 2.92. The van der Waals surface area contributed by atoms with E-state index in [0.29, 0.717) is 18.3 Å².